The van der Waals surface area contributed by atoms with Crippen LogP contribution in [-0.2, 0) is 0 Å². The first-order valence-corrected chi connectivity index (χ1v) is 7.33. The average Bonchev–Trinajstić information content (AvgIpc) is 2.68. The van der Waals surface area contributed by atoms with Crippen LogP contribution >= 0.6 is 27.5 Å². The molecule has 0 saturated carbocycles. The number of likely N-dealkylation sites (tertiary alicyclic amines) is 1. The van der Waals surface area contributed by atoms with Crippen molar-refractivity contribution in [1.82, 2.24) is 4.90 Å². The van der Waals surface area contributed by atoms with Gasteiger partial charge in [-0.15, -0.1) is 0 Å². The van der Waals surface area contributed by atoms with E-state index in [-0.39, 0.29) is 5.92 Å². The van der Waals surface area contributed by atoms with Crippen LogP contribution in [0.1, 0.15) is 17.9 Å². The molecule has 0 radical (unpaired) electrons. The van der Waals surface area contributed by atoms with Crippen molar-refractivity contribution in [1.29, 1.82) is 0 Å². The highest BCUT2D eigenvalue weighted by Crippen LogP contribution is 2.45. The van der Waals surface area contributed by atoms with E-state index in [1.165, 1.54) is 4.90 Å². The molecule has 0 aliphatic carbocycles. The second-order valence-electron chi connectivity index (χ2n) is 5.00. The fourth-order valence-electron chi connectivity index (χ4n) is 2.99. The van der Waals surface area contributed by atoms with Gasteiger partial charge in [-0.25, -0.2) is 4.79 Å². The van der Waals surface area contributed by atoms with Crippen LogP contribution < -0.4 is 4.74 Å². The van der Waals surface area contributed by atoms with Gasteiger partial charge < -0.3 is 14.7 Å². The topological polar surface area (TPSA) is 49.8 Å². The Balaban J connectivity index is 2.03. The Morgan fingerprint density at radius 1 is 1.47 bits per heavy atom. The number of fused-ring (bicyclic) bond motifs is 3. The van der Waals surface area contributed by atoms with Gasteiger partial charge in [0.05, 0.1) is 11.1 Å². The van der Waals surface area contributed by atoms with Crippen molar-refractivity contribution in [3.05, 3.63) is 27.2 Å². The molecule has 0 spiro atoms. The predicted molar refractivity (Wildman–Crippen MR) is 75.1 cm³/mol. The number of hydrogen-bond donors (Lipinski definition) is 1. The minimum atomic E-state index is -0.850. The molecule has 1 fully saturated rings. The predicted octanol–water partition coefficient (Wildman–Crippen LogP) is 3.58. The van der Waals surface area contributed by atoms with Gasteiger partial charge in [-0.1, -0.05) is 11.6 Å². The molecule has 4 nitrogen and oxygen atoms in total. The molecule has 0 aromatic heterocycles. The molecule has 2 atom stereocenters. The van der Waals surface area contributed by atoms with E-state index in [9.17, 15) is 4.79 Å². The van der Waals surface area contributed by atoms with Crippen LogP contribution in [0, 0.1) is 5.92 Å². The minimum Gasteiger partial charge on any atom is -0.492 e. The molecule has 0 unspecified atom stereocenters. The number of nitrogens with zero attached hydrogens (tertiary/aromatic N) is 1. The Morgan fingerprint density at radius 3 is 3.00 bits per heavy atom. The highest BCUT2D eigenvalue weighted by molar-refractivity contribution is 9.10. The maximum Gasteiger partial charge on any atom is 0.407 e. The fraction of sp³-hybridized carbons (Fsp3) is 0.462. The molecule has 2 aliphatic heterocycles. The van der Waals surface area contributed by atoms with Crippen LogP contribution in [0.5, 0.6) is 5.75 Å². The molecule has 1 amide bonds. The van der Waals surface area contributed by atoms with Crippen molar-refractivity contribution in [2.24, 2.45) is 5.92 Å². The summed E-state index contributed by atoms with van der Waals surface area (Å²) in [4.78, 5) is 12.6. The van der Waals surface area contributed by atoms with E-state index in [1.807, 2.05) is 12.1 Å². The summed E-state index contributed by atoms with van der Waals surface area (Å²) < 4.78 is 6.63. The zero-order chi connectivity index (χ0) is 13.6. The maximum absolute atomic E-state index is 11.1. The summed E-state index contributed by atoms with van der Waals surface area (Å²) in [6.45, 7) is 1.71. The van der Waals surface area contributed by atoms with Crippen molar-refractivity contribution < 1.29 is 14.6 Å². The number of benzene rings is 1. The fourth-order valence-corrected chi connectivity index (χ4v) is 3.94. The van der Waals surface area contributed by atoms with Gasteiger partial charge in [0.1, 0.15) is 5.75 Å². The van der Waals surface area contributed by atoms with Crippen LogP contribution in [0.4, 0.5) is 4.79 Å². The van der Waals surface area contributed by atoms with E-state index >= 15 is 0 Å². The van der Waals surface area contributed by atoms with Crippen molar-refractivity contribution >= 4 is 33.6 Å². The Hall–Kier alpha value is -0.940. The molecule has 6 heteroatoms. The standard InChI is InChI=1S/C13H13BrClNO3/c14-11-4-8(15)3-9-10-6-16(13(17)18)5-7(10)1-2-19-12(9)11/h3-4,7,10H,1-2,5-6H2,(H,17,18)/t7-,10+/m0/s1. The Bertz CT molecular complexity index is 537. The smallest absolute Gasteiger partial charge is 0.407 e. The Kier molecular flexibility index (Phi) is 3.35. The molecule has 3 rings (SSSR count). The van der Waals surface area contributed by atoms with Crippen molar-refractivity contribution in [3.8, 4) is 5.75 Å². The second-order valence-corrected chi connectivity index (χ2v) is 6.29. The van der Waals surface area contributed by atoms with Gasteiger partial charge >= 0.3 is 6.09 Å². The largest absolute Gasteiger partial charge is 0.492 e. The summed E-state index contributed by atoms with van der Waals surface area (Å²) in [5.74, 6) is 1.29. The van der Waals surface area contributed by atoms with E-state index in [2.05, 4.69) is 15.9 Å². The monoisotopic (exact) mass is 345 g/mol. The van der Waals surface area contributed by atoms with E-state index in [4.69, 9.17) is 21.4 Å². The molecule has 19 heavy (non-hydrogen) atoms. The Morgan fingerprint density at radius 2 is 2.26 bits per heavy atom. The molecule has 1 aromatic carbocycles. The number of halogens is 2. The highest BCUT2D eigenvalue weighted by Gasteiger charge is 2.39. The minimum absolute atomic E-state index is 0.170. The van der Waals surface area contributed by atoms with E-state index in [0.29, 0.717) is 30.6 Å². The van der Waals surface area contributed by atoms with Crippen molar-refractivity contribution in [2.45, 2.75) is 12.3 Å². The number of carbonyl (C=O) groups is 1. The lowest BCUT2D eigenvalue weighted by Crippen LogP contribution is -2.27. The number of carboxylic acid groups (broad SMARTS) is 1. The van der Waals surface area contributed by atoms with Gasteiger partial charge in [0.2, 0.25) is 0 Å². The zero-order valence-electron chi connectivity index (χ0n) is 10.1. The van der Waals surface area contributed by atoms with E-state index in [0.717, 1.165) is 22.2 Å². The van der Waals surface area contributed by atoms with Gasteiger partial charge in [0, 0.05) is 29.6 Å². The molecular weight excluding hydrogens is 334 g/mol. The number of amides is 1. The maximum atomic E-state index is 11.1. The molecule has 1 aromatic rings. The highest BCUT2D eigenvalue weighted by atomic mass is 79.9. The lowest BCUT2D eigenvalue weighted by molar-refractivity contribution is 0.152. The molecule has 1 saturated heterocycles. The third kappa shape index (κ3) is 2.30. The SMILES string of the molecule is O=C(O)N1C[C@@H]2CCOc3c(Br)cc(Cl)cc3[C@@H]2C1. The van der Waals surface area contributed by atoms with Crippen molar-refractivity contribution in [3.63, 3.8) is 0 Å². The zero-order valence-corrected chi connectivity index (χ0v) is 12.4. The van der Waals surface area contributed by atoms with E-state index < -0.39 is 6.09 Å². The molecule has 102 valence electrons. The molecule has 1 N–H and O–H groups in total. The summed E-state index contributed by atoms with van der Waals surface area (Å²) in [6, 6.07) is 3.71. The molecule has 2 heterocycles. The van der Waals surface area contributed by atoms with Gasteiger partial charge in [-0.3, -0.25) is 0 Å². The normalized spacial score (nSPS) is 25.3. The summed E-state index contributed by atoms with van der Waals surface area (Å²) >= 11 is 9.58. The molecule has 0 bridgehead atoms. The molecule has 2 aliphatic rings. The van der Waals surface area contributed by atoms with E-state index in [1.54, 1.807) is 0 Å². The third-order valence-corrected chi connectivity index (χ3v) is 4.69. The van der Waals surface area contributed by atoms with Crippen LogP contribution in [-0.4, -0.2) is 35.8 Å². The van der Waals surface area contributed by atoms with Gasteiger partial charge in [-0.2, -0.15) is 0 Å². The van der Waals surface area contributed by atoms with Gasteiger partial charge in [-0.05, 0) is 40.4 Å². The second kappa shape index (κ2) is 4.87. The number of hydrogen-bond acceptors (Lipinski definition) is 2. The van der Waals surface area contributed by atoms with Crippen LogP contribution in [0.15, 0.2) is 16.6 Å². The quantitative estimate of drug-likeness (QED) is 0.781. The first-order valence-electron chi connectivity index (χ1n) is 6.16. The molecular formula is C13H13BrClNO3. The first kappa shape index (κ1) is 13.1. The Labute approximate surface area is 124 Å². The van der Waals surface area contributed by atoms with Crippen LogP contribution in [0.3, 0.4) is 0 Å². The number of rotatable bonds is 0. The van der Waals surface area contributed by atoms with Gasteiger partial charge in [0.25, 0.3) is 0 Å². The average molecular weight is 347 g/mol. The lowest BCUT2D eigenvalue weighted by atomic mass is 9.87. The summed E-state index contributed by atoms with van der Waals surface area (Å²) in [5.41, 5.74) is 1.02. The summed E-state index contributed by atoms with van der Waals surface area (Å²) in [5, 5.41) is 9.79. The van der Waals surface area contributed by atoms with Crippen molar-refractivity contribution in [2.75, 3.05) is 19.7 Å². The van der Waals surface area contributed by atoms with Crippen LogP contribution in [0.2, 0.25) is 5.02 Å². The third-order valence-electron chi connectivity index (χ3n) is 3.88. The van der Waals surface area contributed by atoms with Crippen LogP contribution in [0.25, 0.3) is 0 Å². The number of ether oxygens (including phenoxy) is 1. The van der Waals surface area contributed by atoms with Gasteiger partial charge in [0.15, 0.2) is 0 Å². The first-order chi connectivity index (χ1) is 9.06. The summed E-state index contributed by atoms with van der Waals surface area (Å²) in [7, 11) is 0. The lowest BCUT2D eigenvalue weighted by Gasteiger charge is -2.17. The summed E-state index contributed by atoms with van der Waals surface area (Å²) in [6.07, 6.45) is 0.0179.